The molecule has 0 saturated heterocycles. The molecule has 0 spiro atoms. The summed E-state index contributed by atoms with van der Waals surface area (Å²) in [4.78, 5) is 10.9. The van der Waals surface area contributed by atoms with E-state index in [4.69, 9.17) is 5.11 Å². The zero-order valence-electron chi connectivity index (χ0n) is 7.92. The van der Waals surface area contributed by atoms with E-state index in [2.05, 4.69) is 13.8 Å². The first-order valence-corrected chi connectivity index (χ1v) is 4.47. The molecule has 0 radical (unpaired) electrons. The molecule has 0 bridgehead atoms. The molecule has 1 rings (SSSR count). The fourth-order valence-electron chi connectivity index (χ4n) is 1.98. The van der Waals surface area contributed by atoms with E-state index in [0.717, 1.165) is 18.4 Å². The maximum Gasteiger partial charge on any atom is 0.331 e. The van der Waals surface area contributed by atoms with E-state index in [1.165, 1.54) is 0 Å². The highest BCUT2D eigenvalue weighted by atomic mass is 16.4. The molecule has 1 aliphatic rings. The minimum atomic E-state index is -0.719. The smallest absolute Gasteiger partial charge is 0.331 e. The SMILES string of the molecule is CC1=C(C(=O)O)[C@@H](C(C)C)CC1. The molecular weight excluding hydrogens is 152 g/mol. The Bertz CT molecular complexity index is 226. The van der Waals surface area contributed by atoms with Crippen molar-refractivity contribution >= 4 is 5.97 Å². The first-order chi connectivity index (χ1) is 5.54. The molecule has 0 heterocycles. The van der Waals surface area contributed by atoms with Crippen molar-refractivity contribution in [2.24, 2.45) is 11.8 Å². The van der Waals surface area contributed by atoms with Crippen molar-refractivity contribution in [2.45, 2.75) is 33.6 Å². The fourth-order valence-corrected chi connectivity index (χ4v) is 1.98. The molecule has 0 amide bonds. The number of carboxylic acid groups (broad SMARTS) is 1. The predicted molar refractivity (Wildman–Crippen MR) is 47.9 cm³/mol. The maximum atomic E-state index is 10.9. The van der Waals surface area contributed by atoms with Gasteiger partial charge in [-0.1, -0.05) is 19.4 Å². The fraction of sp³-hybridized carbons (Fsp3) is 0.700. The minimum absolute atomic E-state index is 0.280. The number of hydrogen-bond acceptors (Lipinski definition) is 1. The molecule has 0 aromatic carbocycles. The molecule has 1 N–H and O–H groups in total. The molecule has 0 fully saturated rings. The summed E-state index contributed by atoms with van der Waals surface area (Å²) in [6.07, 6.45) is 1.98. The highest BCUT2D eigenvalue weighted by molar-refractivity contribution is 5.88. The topological polar surface area (TPSA) is 37.3 Å². The van der Waals surface area contributed by atoms with Crippen molar-refractivity contribution in [2.75, 3.05) is 0 Å². The molecule has 68 valence electrons. The Morgan fingerprint density at radius 2 is 2.17 bits per heavy atom. The lowest BCUT2D eigenvalue weighted by Gasteiger charge is -2.15. The Kier molecular flexibility index (Phi) is 2.55. The molecule has 0 aliphatic heterocycles. The molecule has 0 saturated carbocycles. The standard InChI is InChI=1S/C10H16O2/c1-6(2)8-5-4-7(3)9(8)10(11)12/h6,8H,4-5H2,1-3H3,(H,11,12)/t8-/m1/s1. The van der Waals surface area contributed by atoms with Crippen LogP contribution in [-0.4, -0.2) is 11.1 Å². The van der Waals surface area contributed by atoms with E-state index in [1.807, 2.05) is 6.92 Å². The Labute approximate surface area is 73.3 Å². The van der Waals surface area contributed by atoms with Gasteiger partial charge in [-0.15, -0.1) is 0 Å². The van der Waals surface area contributed by atoms with E-state index in [0.29, 0.717) is 11.5 Å². The molecule has 0 aromatic heterocycles. The van der Waals surface area contributed by atoms with E-state index in [1.54, 1.807) is 0 Å². The van der Waals surface area contributed by atoms with Crippen molar-refractivity contribution in [1.82, 2.24) is 0 Å². The minimum Gasteiger partial charge on any atom is -0.478 e. The van der Waals surface area contributed by atoms with Crippen LogP contribution in [-0.2, 0) is 4.79 Å². The zero-order chi connectivity index (χ0) is 9.30. The zero-order valence-corrected chi connectivity index (χ0v) is 7.92. The first kappa shape index (κ1) is 9.30. The van der Waals surface area contributed by atoms with E-state index >= 15 is 0 Å². The molecule has 2 nitrogen and oxygen atoms in total. The summed E-state index contributed by atoms with van der Waals surface area (Å²) in [6, 6.07) is 0. The number of rotatable bonds is 2. The highest BCUT2D eigenvalue weighted by Gasteiger charge is 2.30. The van der Waals surface area contributed by atoms with Gasteiger partial charge in [0.2, 0.25) is 0 Å². The van der Waals surface area contributed by atoms with Gasteiger partial charge in [-0.05, 0) is 31.6 Å². The number of allylic oxidation sites excluding steroid dienone is 1. The summed E-state index contributed by atoms with van der Waals surface area (Å²) in [5.74, 6) is 0.0137. The summed E-state index contributed by atoms with van der Waals surface area (Å²) >= 11 is 0. The maximum absolute atomic E-state index is 10.9. The lowest BCUT2D eigenvalue weighted by Crippen LogP contribution is -2.14. The number of hydrogen-bond donors (Lipinski definition) is 1. The molecule has 0 unspecified atom stereocenters. The van der Waals surface area contributed by atoms with Gasteiger partial charge in [0.05, 0.1) is 0 Å². The van der Waals surface area contributed by atoms with Crippen LogP contribution in [0.3, 0.4) is 0 Å². The van der Waals surface area contributed by atoms with Crippen LogP contribution in [0.2, 0.25) is 0 Å². The first-order valence-electron chi connectivity index (χ1n) is 4.47. The molecule has 1 atom stereocenters. The van der Waals surface area contributed by atoms with Crippen LogP contribution >= 0.6 is 0 Å². The van der Waals surface area contributed by atoms with Crippen LogP contribution in [0.1, 0.15) is 33.6 Å². The third kappa shape index (κ3) is 1.52. The van der Waals surface area contributed by atoms with Gasteiger partial charge in [-0.3, -0.25) is 0 Å². The summed E-state index contributed by atoms with van der Waals surface area (Å²) in [6.45, 7) is 6.12. The van der Waals surface area contributed by atoms with Crippen molar-refractivity contribution in [3.63, 3.8) is 0 Å². The van der Waals surface area contributed by atoms with Gasteiger partial charge in [0.1, 0.15) is 0 Å². The lowest BCUT2D eigenvalue weighted by atomic mass is 9.89. The van der Waals surface area contributed by atoms with E-state index in [-0.39, 0.29) is 5.92 Å². The van der Waals surface area contributed by atoms with E-state index in [9.17, 15) is 4.79 Å². The summed E-state index contributed by atoms with van der Waals surface area (Å²) < 4.78 is 0. The largest absolute Gasteiger partial charge is 0.478 e. The average molecular weight is 168 g/mol. The molecule has 0 aromatic rings. The van der Waals surface area contributed by atoms with Gasteiger partial charge in [-0.25, -0.2) is 4.79 Å². The third-order valence-corrected chi connectivity index (χ3v) is 2.70. The second kappa shape index (κ2) is 3.30. The van der Waals surface area contributed by atoms with Crippen LogP contribution in [0.4, 0.5) is 0 Å². The average Bonchev–Trinajstić information content (AvgIpc) is 2.30. The van der Waals surface area contributed by atoms with Gasteiger partial charge in [0.25, 0.3) is 0 Å². The van der Waals surface area contributed by atoms with Crippen molar-refractivity contribution in [3.05, 3.63) is 11.1 Å². The third-order valence-electron chi connectivity index (χ3n) is 2.70. The Morgan fingerprint density at radius 3 is 2.50 bits per heavy atom. The summed E-state index contributed by atoms with van der Waals surface area (Å²) in [5, 5.41) is 8.95. The van der Waals surface area contributed by atoms with Crippen molar-refractivity contribution < 1.29 is 9.90 Å². The Hall–Kier alpha value is -0.790. The van der Waals surface area contributed by atoms with Gasteiger partial charge < -0.3 is 5.11 Å². The van der Waals surface area contributed by atoms with Gasteiger partial charge >= 0.3 is 5.97 Å². The molecule has 2 heteroatoms. The number of aliphatic carboxylic acids is 1. The van der Waals surface area contributed by atoms with Crippen molar-refractivity contribution in [1.29, 1.82) is 0 Å². The van der Waals surface area contributed by atoms with Gasteiger partial charge in [0.15, 0.2) is 0 Å². The van der Waals surface area contributed by atoms with Gasteiger partial charge in [-0.2, -0.15) is 0 Å². The number of carbonyl (C=O) groups is 1. The normalized spacial score (nSPS) is 23.8. The van der Waals surface area contributed by atoms with Crippen molar-refractivity contribution in [3.8, 4) is 0 Å². The van der Waals surface area contributed by atoms with Crippen LogP contribution in [0, 0.1) is 11.8 Å². The Morgan fingerprint density at radius 1 is 1.58 bits per heavy atom. The monoisotopic (exact) mass is 168 g/mol. The van der Waals surface area contributed by atoms with Crippen LogP contribution in [0.5, 0.6) is 0 Å². The number of carboxylic acids is 1. The molecular formula is C10H16O2. The van der Waals surface area contributed by atoms with Crippen LogP contribution < -0.4 is 0 Å². The van der Waals surface area contributed by atoms with E-state index < -0.39 is 5.97 Å². The van der Waals surface area contributed by atoms with Crippen LogP contribution in [0.15, 0.2) is 11.1 Å². The lowest BCUT2D eigenvalue weighted by molar-refractivity contribution is -0.133. The van der Waals surface area contributed by atoms with Gasteiger partial charge in [0, 0.05) is 5.57 Å². The Balaban J connectivity index is 2.89. The molecule has 1 aliphatic carbocycles. The quantitative estimate of drug-likeness (QED) is 0.687. The molecule has 12 heavy (non-hydrogen) atoms. The second-order valence-corrected chi connectivity index (χ2v) is 3.89. The predicted octanol–water partition coefficient (Wildman–Crippen LogP) is 2.45. The highest BCUT2D eigenvalue weighted by Crippen LogP contribution is 2.36. The van der Waals surface area contributed by atoms with Crippen LogP contribution in [0.25, 0.3) is 0 Å². The summed E-state index contributed by atoms with van der Waals surface area (Å²) in [7, 11) is 0. The summed E-state index contributed by atoms with van der Waals surface area (Å²) in [5.41, 5.74) is 1.74. The second-order valence-electron chi connectivity index (χ2n) is 3.89.